The molecule has 0 bridgehead atoms. The molecule has 0 atom stereocenters. The Kier molecular flexibility index (Phi) is 5.25. The molecule has 1 fully saturated rings. The number of thiazole rings is 1. The third-order valence-corrected chi connectivity index (χ3v) is 5.04. The van der Waals surface area contributed by atoms with E-state index in [4.69, 9.17) is 0 Å². The number of carbonyl (C=O) groups excluding carboxylic acids is 2. The van der Waals surface area contributed by atoms with Crippen molar-refractivity contribution in [3.63, 3.8) is 0 Å². The van der Waals surface area contributed by atoms with Crippen molar-refractivity contribution in [2.24, 2.45) is 0 Å². The van der Waals surface area contributed by atoms with Crippen LogP contribution in [0.4, 0.5) is 5.13 Å². The van der Waals surface area contributed by atoms with E-state index in [0.717, 1.165) is 24.2 Å². The highest BCUT2D eigenvalue weighted by molar-refractivity contribution is 7.14. The predicted molar refractivity (Wildman–Crippen MR) is 94.9 cm³/mol. The smallest absolute Gasteiger partial charge is 0.228 e. The number of anilines is 1. The highest BCUT2D eigenvalue weighted by Crippen LogP contribution is 2.25. The molecule has 3 rings (SSSR count). The first kappa shape index (κ1) is 16.6. The fourth-order valence-corrected chi connectivity index (χ4v) is 3.67. The van der Waals surface area contributed by atoms with Crippen LogP contribution in [0.25, 0.3) is 0 Å². The molecule has 2 aromatic rings. The Hall–Kier alpha value is -2.21. The number of hydrogen-bond donors (Lipinski definition) is 0. The van der Waals surface area contributed by atoms with Crippen LogP contribution in [0.15, 0.2) is 35.7 Å². The molecule has 2 amide bonds. The van der Waals surface area contributed by atoms with Gasteiger partial charge in [-0.1, -0.05) is 30.3 Å². The van der Waals surface area contributed by atoms with Gasteiger partial charge in [-0.05, 0) is 18.9 Å². The monoisotopic (exact) mass is 343 g/mol. The van der Waals surface area contributed by atoms with E-state index in [1.165, 1.54) is 11.3 Å². The summed E-state index contributed by atoms with van der Waals surface area (Å²) in [6, 6.07) is 9.98. The zero-order chi connectivity index (χ0) is 16.9. The number of hydrogen-bond acceptors (Lipinski definition) is 4. The predicted octanol–water partition coefficient (Wildman–Crippen LogP) is 2.86. The summed E-state index contributed by atoms with van der Waals surface area (Å²) in [6.07, 6.45) is 1.75. The fourth-order valence-electron chi connectivity index (χ4n) is 2.80. The van der Waals surface area contributed by atoms with Crippen LogP contribution in [0.1, 0.15) is 31.0 Å². The summed E-state index contributed by atoms with van der Waals surface area (Å²) >= 11 is 1.44. The first-order valence-corrected chi connectivity index (χ1v) is 9.12. The number of rotatable bonds is 6. The van der Waals surface area contributed by atoms with Gasteiger partial charge in [-0.2, -0.15) is 0 Å². The molecule has 1 aromatic heterocycles. The maximum absolute atomic E-state index is 12.6. The fraction of sp³-hybridized carbons (Fsp3) is 0.389. The molecule has 5 nitrogen and oxygen atoms in total. The van der Waals surface area contributed by atoms with E-state index in [9.17, 15) is 9.59 Å². The van der Waals surface area contributed by atoms with Gasteiger partial charge in [0.05, 0.1) is 12.1 Å². The van der Waals surface area contributed by atoms with Gasteiger partial charge in [0.15, 0.2) is 5.13 Å². The second-order valence-corrected chi connectivity index (χ2v) is 6.68. The molecule has 6 heteroatoms. The Bertz CT molecular complexity index is 714. The van der Waals surface area contributed by atoms with Gasteiger partial charge in [-0.25, -0.2) is 4.98 Å². The van der Waals surface area contributed by atoms with E-state index in [-0.39, 0.29) is 18.2 Å². The zero-order valence-corrected chi connectivity index (χ0v) is 14.6. The minimum absolute atomic E-state index is 0.0611. The van der Waals surface area contributed by atoms with Crippen LogP contribution in [0.2, 0.25) is 0 Å². The molecule has 0 saturated carbocycles. The van der Waals surface area contributed by atoms with Crippen molar-refractivity contribution in [2.75, 3.05) is 18.0 Å². The summed E-state index contributed by atoms with van der Waals surface area (Å²) in [4.78, 5) is 32.4. The number of aromatic nitrogens is 1. The lowest BCUT2D eigenvalue weighted by atomic mass is 10.2. The summed E-state index contributed by atoms with van der Waals surface area (Å²) < 4.78 is 0. The van der Waals surface area contributed by atoms with Crippen LogP contribution in [0.3, 0.4) is 0 Å². The van der Waals surface area contributed by atoms with Crippen molar-refractivity contribution in [2.45, 2.75) is 32.7 Å². The SMILES string of the molecule is CCN(Cc1ccccc1)C(=O)Cc1csc(N2CCCC2=O)n1. The summed E-state index contributed by atoms with van der Waals surface area (Å²) in [5.74, 6) is 0.187. The van der Waals surface area contributed by atoms with Crippen molar-refractivity contribution in [1.29, 1.82) is 0 Å². The van der Waals surface area contributed by atoms with E-state index in [1.807, 2.05) is 47.5 Å². The molecule has 2 heterocycles. The molecule has 1 saturated heterocycles. The van der Waals surface area contributed by atoms with Gasteiger partial charge in [-0.3, -0.25) is 14.5 Å². The Morgan fingerprint density at radius 1 is 1.33 bits per heavy atom. The average molecular weight is 343 g/mol. The maximum atomic E-state index is 12.6. The third kappa shape index (κ3) is 3.82. The van der Waals surface area contributed by atoms with Crippen LogP contribution >= 0.6 is 11.3 Å². The summed E-state index contributed by atoms with van der Waals surface area (Å²) in [5, 5.41) is 2.60. The van der Waals surface area contributed by atoms with Gasteiger partial charge in [0.2, 0.25) is 11.8 Å². The van der Waals surface area contributed by atoms with Gasteiger partial charge in [0.1, 0.15) is 0 Å². The lowest BCUT2D eigenvalue weighted by molar-refractivity contribution is -0.130. The Morgan fingerprint density at radius 3 is 2.79 bits per heavy atom. The molecule has 0 spiro atoms. The second kappa shape index (κ2) is 7.57. The topological polar surface area (TPSA) is 53.5 Å². The highest BCUT2D eigenvalue weighted by atomic mass is 32.1. The molecule has 0 aliphatic carbocycles. The molecule has 0 N–H and O–H groups in total. The number of nitrogens with zero attached hydrogens (tertiary/aromatic N) is 3. The molecule has 0 radical (unpaired) electrons. The minimum Gasteiger partial charge on any atom is -0.338 e. The standard InChI is InChI=1S/C18H21N3O2S/c1-2-20(12-14-7-4-3-5-8-14)17(23)11-15-13-24-18(19-15)21-10-6-9-16(21)22/h3-5,7-8,13H,2,6,9-12H2,1H3. The summed E-state index contributed by atoms with van der Waals surface area (Å²) in [6.45, 7) is 3.98. The first-order valence-electron chi connectivity index (χ1n) is 8.24. The Morgan fingerprint density at radius 2 is 2.12 bits per heavy atom. The van der Waals surface area contributed by atoms with Crippen molar-refractivity contribution in [3.05, 3.63) is 47.0 Å². The zero-order valence-electron chi connectivity index (χ0n) is 13.8. The molecule has 1 aromatic carbocycles. The van der Waals surface area contributed by atoms with Crippen LogP contribution in [-0.2, 0) is 22.6 Å². The van der Waals surface area contributed by atoms with Crippen LogP contribution < -0.4 is 4.90 Å². The summed E-state index contributed by atoms with van der Waals surface area (Å²) in [5.41, 5.74) is 1.86. The van der Waals surface area contributed by atoms with E-state index in [1.54, 1.807) is 4.90 Å². The highest BCUT2D eigenvalue weighted by Gasteiger charge is 2.24. The molecule has 1 aliphatic heterocycles. The van der Waals surface area contributed by atoms with E-state index < -0.39 is 0 Å². The summed E-state index contributed by atoms with van der Waals surface area (Å²) in [7, 11) is 0. The van der Waals surface area contributed by atoms with E-state index in [2.05, 4.69) is 4.98 Å². The van der Waals surface area contributed by atoms with Gasteiger partial charge < -0.3 is 4.90 Å². The van der Waals surface area contributed by atoms with Crippen molar-refractivity contribution >= 4 is 28.3 Å². The van der Waals surface area contributed by atoms with Gasteiger partial charge >= 0.3 is 0 Å². The van der Waals surface area contributed by atoms with E-state index >= 15 is 0 Å². The van der Waals surface area contributed by atoms with Crippen molar-refractivity contribution in [3.8, 4) is 0 Å². The normalized spacial score (nSPS) is 14.2. The van der Waals surface area contributed by atoms with Gasteiger partial charge in [0, 0.05) is 31.4 Å². The lowest BCUT2D eigenvalue weighted by Crippen LogP contribution is -2.31. The molecule has 24 heavy (non-hydrogen) atoms. The molecule has 1 aliphatic rings. The van der Waals surface area contributed by atoms with E-state index in [0.29, 0.717) is 24.6 Å². The van der Waals surface area contributed by atoms with Gasteiger partial charge in [-0.15, -0.1) is 11.3 Å². The van der Waals surface area contributed by atoms with Crippen molar-refractivity contribution in [1.82, 2.24) is 9.88 Å². The van der Waals surface area contributed by atoms with Crippen molar-refractivity contribution < 1.29 is 9.59 Å². The number of amides is 2. The van der Waals surface area contributed by atoms with Crippen LogP contribution in [0, 0.1) is 0 Å². The van der Waals surface area contributed by atoms with Crippen LogP contribution in [0.5, 0.6) is 0 Å². The molecule has 126 valence electrons. The average Bonchev–Trinajstić information content (AvgIpc) is 3.22. The first-order chi connectivity index (χ1) is 11.7. The third-order valence-electron chi connectivity index (χ3n) is 4.13. The number of carbonyl (C=O) groups is 2. The second-order valence-electron chi connectivity index (χ2n) is 5.84. The maximum Gasteiger partial charge on any atom is 0.228 e. The largest absolute Gasteiger partial charge is 0.338 e. The van der Waals surface area contributed by atoms with Crippen LogP contribution in [-0.4, -0.2) is 34.8 Å². The molecular formula is C18H21N3O2S. The quantitative estimate of drug-likeness (QED) is 0.810. The Labute approximate surface area is 145 Å². The Balaban J connectivity index is 1.63. The van der Waals surface area contributed by atoms with Gasteiger partial charge in [0.25, 0.3) is 0 Å². The number of likely N-dealkylation sites (N-methyl/N-ethyl adjacent to an activating group) is 1. The number of benzene rings is 1. The molecule has 0 unspecified atom stereocenters. The minimum atomic E-state index is 0.0611. The molecular weight excluding hydrogens is 322 g/mol. The lowest BCUT2D eigenvalue weighted by Gasteiger charge is -2.20.